The minimum Gasteiger partial charge on any atom is -0.296 e. The van der Waals surface area contributed by atoms with Gasteiger partial charge in [0.15, 0.2) is 0 Å². The second-order valence-electron chi connectivity index (χ2n) is 5.66. The van der Waals surface area contributed by atoms with Crippen molar-refractivity contribution >= 4 is 33.4 Å². The molecular formula is C17H19N5OS. The molecule has 2 aromatic heterocycles. The van der Waals surface area contributed by atoms with E-state index in [2.05, 4.69) is 32.4 Å². The van der Waals surface area contributed by atoms with Crippen molar-refractivity contribution in [3.8, 4) is 0 Å². The van der Waals surface area contributed by atoms with Gasteiger partial charge in [-0.25, -0.2) is 9.97 Å². The number of nitrogens with one attached hydrogen (secondary N) is 1. The molecule has 0 atom stereocenters. The molecule has 0 radical (unpaired) electrons. The van der Waals surface area contributed by atoms with Crippen LogP contribution in [-0.2, 0) is 6.42 Å². The third-order valence-electron chi connectivity index (χ3n) is 3.77. The lowest BCUT2D eigenvalue weighted by atomic mass is 10.1. The maximum atomic E-state index is 12.4. The molecule has 1 aromatic carbocycles. The van der Waals surface area contributed by atoms with Gasteiger partial charge in [-0.05, 0) is 38.5 Å². The molecule has 0 saturated heterocycles. The average molecular weight is 341 g/mol. The van der Waals surface area contributed by atoms with E-state index in [1.165, 1.54) is 11.3 Å². The van der Waals surface area contributed by atoms with Crippen LogP contribution in [0.4, 0.5) is 5.13 Å². The molecule has 7 heteroatoms. The Bertz CT molecular complexity index is 890. The normalized spacial score (nSPS) is 11.0. The van der Waals surface area contributed by atoms with Crippen molar-refractivity contribution in [3.05, 3.63) is 40.2 Å². The van der Waals surface area contributed by atoms with Crippen molar-refractivity contribution in [1.29, 1.82) is 0 Å². The molecule has 2 heterocycles. The first kappa shape index (κ1) is 16.4. The van der Waals surface area contributed by atoms with Gasteiger partial charge in [-0.15, -0.1) is 10.2 Å². The highest BCUT2D eigenvalue weighted by Crippen LogP contribution is 2.19. The summed E-state index contributed by atoms with van der Waals surface area (Å²) in [6, 6.07) is 5.32. The van der Waals surface area contributed by atoms with Crippen LogP contribution in [0.3, 0.4) is 0 Å². The lowest BCUT2D eigenvalue weighted by Gasteiger charge is -2.05. The fourth-order valence-electron chi connectivity index (χ4n) is 2.27. The predicted octanol–water partition coefficient (Wildman–Crippen LogP) is 3.69. The first-order chi connectivity index (χ1) is 11.6. The smallest absolute Gasteiger partial charge is 0.257 e. The van der Waals surface area contributed by atoms with Crippen LogP contribution in [0.1, 0.15) is 46.5 Å². The summed E-state index contributed by atoms with van der Waals surface area (Å²) in [5, 5.41) is 12.4. The zero-order valence-corrected chi connectivity index (χ0v) is 14.8. The number of amides is 1. The Labute approximate surface area is 144 Å². The SMILES string of the molecule is CCCCc1nnc(NC(=O)c2ccc3nc(C)c(C)nc3c2)s1. The van der Waals surface area contributed by atoms with E-state index in [4.69, 9.17) is 0 Å². The molecule has 0 saturated carbocycles. The van der Waals surface area contributed by atoms with E-state index in [1.807, 2.05) is 19.9 Å². The third kappa shape index (κ3) is 3.56. The maximum Gasteiger partial charge on any atom is 0.257 e. The largest absolute Gasteiger partial charge is 0.296 e. The summed E-state index contributed by atoms with van der Waals surface area (Å²) < 4.78 is 0. The van der Waals surface area contributed by atoms with E-state index in [-0.39, 0.29) is 5.91 Å². The van der Waals surface area contributed by atoms with E-state index in [9.17, 15) is 4.79 Å². The van der Waals surface area contributed by atoms with Crippen molar-refractivity contribution in [2.75, 3.05) is 5.32 Å². The second kappa shape index (κ2) is 7.00. The van der Waals surface area contributed by atoms with Gasteiger partial charge in [0, 0.05) is 12.0 Å². The first-order valence-corrected chi connectivity index (χ1v) is 8.77. The van der Waals surface area contributed by atoms with Gasteiger partial charge in [-0.2, -0.15) is 0 Å². The number of nitrogens with zero attached hydrogens (tertiary/aromatic N) is 4. The zero-order chi connectivity index (χ0) is 17.1. The van der Waals surface area contributed by atoms with Crippen LogP contribution in [0.2, 0.25) is 0 Å². The number of carbonyl (C=O) groups excluding carboxylic acids is 1. The van der Waals surface area contributed by atoms with E-state index in [0.717, 1.165) is 41.2 Å². The Hall–Kier alpha value is -2.41. The fourth-order valence-corrected chi connectivity index (χ4v) is 3.05. The Morgan fingerprint density at radius 3 is 2.62 bits per heavy atom. The molecule has 0 bridgehead atoms. The molecule has 24 heavy (non-hydrogen) atoms. The number of hydrogen-bond acceptors (Lipinski definition) is 6. The molecule has 0 spiro atoms. The van der Waals surface area contributed by atoms with E-state index >= 15 is 0 Å². The number of benzene rings is 1. The summed E-state index contributed by atoms with van der Waals surface area (Å²) in [7, 11) is 0. The first-order valence-electron chi connectivity index (χ1n) is 7.95. The fraction of sp³-hybridized carbons (Fsp3) is 0.353. The monoisotopic (exact) mass is 341 g/mol. The molecular weight excluding hydrogens is 322 g/mol. The summed E-state index contributed by atoms with van der Waals surface area (Å²) in [5.41, 5.74) is 3.79. The van der Waals surface area contributed by atoms with Gasteiger partial charge in [-0.3, -0.25) is 10.1 Å². The van der Waals surface area contributed by atoms with E-state index < -0.39 is 0 Å². The van der Waals surface area contributed by atoms with Crippen LogP contribution in [0.5, 0.6) is 0 Å². The van der Waals surface area contributed by atoms with Crippen LogP contribution < -0.4 is 5.32 Å². The Morgan fingerprint density at radius 2 is 1.88 bits per heavy atom. The molecule has 0 fully saturated rings. The lowest BCUT2D eigenvalue weighted by molar-refractivity contribution is 0.102. The second-order valence-corrected chi connectivity index (χ2v) is 6.72. The van der Waals surface area contributed by atoms with Gasteiger partial charge in [0.2, 0.25) is 5.13 Å². The van der Waals surface area contributed by atoms with Gasteiger partial charge in [-0.1, -0.05) is 24.7 Å². The number of aromatic nitrogens is 4. The zero-order valence-electron chi connectivity index (χ0n) is 14.0. The van der Waals surface area contributed by atoms with Crippen molar-refractivity contribution in [1.82, 2.24) is 20.2 Å². The van der Waals surface area contributed by atoms with Crippen molar-refractivity contribution in [2.45, 2.75) is 40.0 Å². The summed E-state index contributed by atoms with van der Waals surface area (Å²) >= 11 is 1.42. The Kier molecular flexibility index (Phi) is 4.80. The molecule has 6 nitrogen and oxygen atoms in total. The molecule has 124 valence electrons. The third-order valence-corrected chi connectivity index (χ3v) is 4.67. The van der Waals surface area contributed by atoms with Crippen molar-refractivity contribution in [3.63, 3.8) is 0 Å². The van der Waals surface area contributed by atoms with Gasteiger partial charge in [0.25, 0.3) is 5.91 Å². The maximum absolute atomic E-state index is 12.4. The minimum atomic E-state index is -0.213. The number of hydrogen-bond donors (Lipinski definition) is 1. The highest BCUT2D eigenvalue weighted by molar-refractivity contribution is 7.15. The molecule has 0 aliphatic heterocycles. The molecule has 1 N–H and O–H groups in total. The lowest BCUT2D eigenvalue weighted by Crippen LogP contribution is -2.11. The predicted molar refractivity (Wildman–Crippen MR) is 95.5 cm³/mol. The molecule has 3 rings (SSSR count). The minimum absolute atomic E-state index is 0.213. The van der Waals surface area contributed by atoms with Crippen molar-refractivity contribution < 1.29 is 4.79 Å². The van der Waals surface area contributed by atoms with Gasteiger partial charge >= 0.3 is 0 Å². The average Bonchev–Trinajstić information content (AvgIpc) is 3.01. The van der Waals surface area contributed by atoms with Crippen LogP contribution in [0, 0.1) is 13.8 Å². The van der Waals surface area contributed by atoms with Crippen LogP contribution in [-0.4, -0.2) is 26.1 Å². The summed E-state index contributed by atoms with van der Waals surface area (Å²) in [4.78, 5) is 21.4. The number of rotatable bonds is 5. The van der Waals surface area contributed by atoms with Crippen LogP contribution in [0.15, 0.2) is 18.2 Å². The standard InChI is InChI=1S/C17H19N5OS/c1-4-5-6-15-21-22-17(24-15)20-16(23)12-7-8-13-14(9-12)19-11(3)10(2)18-13/h7-9H,4-6H2,1-3H3,(H,20,22,23). The highest BCUT2D eigenvalue weighted by atomic mass is 32.1. The Balaban J connectivity index is 1.78. The van der Waals surface area contributed by atoms with Crippen molar-refractivity contribution in [2.24, 2.45) is 0 Å². The number of anilines is 1. The Morgan fingerprint density at radius 1 is 1.12 bits per heavy atom. The van der Waals surface area contributed by atoms with Gasteiger partial charge < -0.3 is 0 Å². The molecule has 0 aliphatic rings. The van der Waals surface area contributed by atoms with Gasteiger partial charge in [0.1, 0.15) is 5.01 Å². The van der Waals surface area contributed by atoms with Crippen LogP contribution in [0.25, 0.3) is 11.0 Å². The molecule has 3 aromatic rings. The highest BCUT2D eigenvalue weighted by Gasteiger charge is 2.12. The number of unbranched alkanes of at least 4 members (excludes halogenated alkanes) is 1. The summed E-state index contributed by atoms with van der Waals surface area (Å²) in [6.45, 7) is 5.97. The van der Waals surface area contributed by atoms with Crippen LogP contribution >= 0.6 is 11.3 Å². The molecule has 1 amide bonds. The summed E-state index contributed by atoms with van der Waals surface area (Å²) in [5.74, 6) is -0.213. The topological polar surface area (TPSA) is 80.7 Å². The quantitative estimate of drug-likeness (QED) is 0.765. The molecule has 0 aliphatic carbocycles. The number of aryl methyl sites for hydroxylation is 3. The van der Waals surface area contributed by atoms with E-state index in [1.54, 1.807) is 12.1 Å². The van der Waals surface area contributed by atoms with E-state index in [0.29, 0.717) is 16.2 Å². The number of carbonyl (C=O) groups is 1. The van der Waals surface area contributed by atoms with Gasteiger partial charge in [0.05, 0.1) is 22.4 Å². The summed E-state index contributed by atoms with van der Waals surface area (Å²) in [6.07, 6.45) is 3.08. The molecule has 0 unspecified atom stereocenters. The number of fused-ring (bicyclic) bond motifs is 1.